The van der Waals surface area contributed by atoms with Crippen LogP contribution in [0.4, 0.5) is 0 Å². The van der Waals surface area contributed by atoms with Gasteiger partial charge in [-0.3, -0.25) is 4.79 Å². The molecule has 1 fully saturated rings. The van der Waals surface area contributed by atoms with Crippen LogP contribution in [-0.2, 0) is 6.54 Å². The minimum atomic E-state index is -0.0711. The van der Waals surface area contributed by atoms with E-state index in [0.29, 0.717) is 24.6 Å². The van der Waals surface area contributed by atoms with Gasteiger partial charge < -0.3 is 19.9 Å². The highest BCUT2D eigenvalue weighted by Gasteiger charge is 2.24. The average molecular weight is 393 g/mol. The molecule has 0 aliphatic carbocycles. The smallest absolute Gasteiger partial charge is 0.251 e. The Bertz CT molecular complexity index is 997. The zero-order valence-corrected chi connectivity index (χ0v) is 16.8. The van der Waals surface area contributed by atoms with Gasteiger partial charge in [0.15, 0.2) is 0 Å². The van der Waals surface area contributed by atoms with Gasteiger partial charge >= 0.3 is 0 Å². The number of nitrogens with zero attached hydrogens (tertiary/aromatic N) is 3. The van der Waals surface area contributed by atoms with Crippen molar-refractivity contribution in [2.45, 2.75) is 25.8 Å². The zero-order chi connectivity index (χ0) is 20.2. The summed E-state index contributed by atoms with van der Waals surface area (Å²) in [6.07, 6.45) is 2.87. The van der Waals surface area contributed by atoms with Gasteiger partial charge in [0.25, 0.3) is 5.91 Å². The van der Waals surface area contributed by atoms with Crippen molar-refractivity contribution in [2.24, 2.45) is 0 Å². The van der Waals surface area contributed by atoms with Crippen LogP contribution in [-0.4, -0.2) is 58.3 Å². The first-order chi connectivity index (χ1) is 14.2. The summed E-state index contributed by atoms with van der Waals surface area (Å²) in [5, 5.41) is 12.1. The van der Waals surface area contributed by atoms with Crippen LogP contribution in [0, 0.1) is 6.92 Å². The molecule has 0 bridgehead atoms. The van der Waals surface area contributed by atoms with Gasteiger partial charge in [-0.05, 0) is 55.1 Å². The van der Waals surface area contributed by atoms with Gasteiger partial charge in [-0.1, -0.05) is 24.3 Å². The summed E-state index contributed by atoms with van der Waals surface area (Å²) in [5.74, 6) is 0.515. The number of aromatic nitrogens is 2. The van der Waals surface area contributed by atoms with Crippen LogP contribution in [0.3, 0.4) is 0 Å². The summed E-state index contributed by atoms with van der Waals surface area (Å²) >= 11 is 0. The Balaban J connectivity index is 1.29. The van der Waals surface area contributed by atoms with Gasteiger partial charge in [-0.2, -0.15) is 0 Å². The van der Waals surface area contributed by atoms with E-state index >= 15 is 0 Å². The fourth-order valence-electron chi connectivity index (χ4n) is 4.26. The number of amides is 1. The van der Waals surface area contributed by atoms with Crippen molar-refractivity contribution in [3.05, 3.63) is 65.5 Å². The Hall–Kier alpha value is -2.70. The second-order valence-electron chi connectivity index (χ2n) is 7.76. The lowest BCUT2D eigenvalue weighted by molar-refractivity contribution is 0.0950. The highest BCUT2D eigenvalue weighted by atomic mass is 16.3. The van der Waals surface area contributed by atoms with E-state index in [4.69, 9.17) is 5.11 Å². The average Bonchev–Trinajstić information content (AvgIpc) is 3.35. The number of hydrogen-bond donors (Lipinski definition) is 2. The van der Waals surface area contributed by atoms with Crippen LogP contribution in [0.15, 0.2) is 48.8 Å². The number of carbonyl (C=O) groups is 1. The maximum absolute atomic E-state index is 12.5. The highest BCUT2D eigenvalue weighted by molar-refractivity contribution is 5.97. The Kier molecular flexibility index (Phi) is 5.92. The van der Waals surface area contributed by atoms with E-state index in [0.717, 1.165) is 30.7 Å². The first-order valence-electron chi connectivity index (χ1n) is 10.3. The summed E-state index contributed by atoms with van der Waals surface area (Å²) in [7, 11) is 0. The molecule has 1 atom stereocenters. The molecule has 1 aliphatic heterocycles. The van der Waals surface area contributed by atoms with E-state index in [2.05, 4.69) is 46.4 Å². The fourth-order valence-corrected chi connectivity index (χ4v) is 4.26. The Morgan fingerprint density at radius 3 is 2.93 bits per heavy atom. The number of rotatable bonds is 7. The molecule has 6 nitrogen and oxygen atoms in total. The highest BCUT2D eigenvalue weighted by Crippen LogP contribution is 2.28. The molecule has 2 N–H and O–H groups in total. The van der Waals surface area contributed by atoms with E-state index in [-0.39, 0.29) is 12.5 Å². The maximum atomic E-state index is 12.5. The van der Waals surface area contributed by atoms with Gasteiger partial charge in [-0.15, -0.1) is 0 Å². The van der Waals surface area contributed by atoms with E-state index in [1.807, 2.05) is 22.8 Å². The molecule has 0 radical (unpaired) electrons. The van der Waals surface area contributed by atoms with Crippen molar-refractivity contribution in [1.29, 1.82) is 0 Å². The molecule has 2 aromatic carbocycles. The van der Waals surface area contributed by atoms with Crippen molar-refractivity contribution < 1.29 is 9.90 Å². The van der Waals surface area contributed by atoms with E-state index in [1.54, 1.807) is 6.33 Å². The van der Waals surface area contributed by atoms with Crippen LogP contribution in [0.5, 0.6) is 0 Å². The zero-order valence-electron chi connectivity index (χ0n) is 16.8. The summed E-state index contributed by atoms with van der Waals surface area (Å²) in [4.78, 5) is 19.3. The van der Waals surface area contributed by atoms with Gasteiger partial charge in [0, 0.05) is 31.7 Å². The van der Waals surface area contributed by atoms with Crippen molar-refractivity contribution >= 4 is 16.9 Å². The molecule has 3 aromatic rings. The Morgan fingerprint density at radius 1 is 1.24 bits per heavy atom. The number of likely N-dealkylation sites (tertiary alicyclic amines) is 1. The van der Waals surface area contributed by atoms with Crippen molar-refractivity contribution in [3.8, 4) is 0 Å². The molecule has 0 saturated carbocycles. The number of fused-ring (bicyclic) bond motifs is 1. The molecule has 2 heterocycles. The first-order valence-corrected chi connectivity index (χ1v) is 10.3. The van der Waals surface area contributed by atoms with Crippen LogP contribution < -0.4 is 5.32 Å². The molecule has 29 heavy (non-hydrogen) atoms. The fraction of sp³-hybridized carbons (Fsp3) is 0.391. The van der Waals surface area contributed by atoms with Crippen molar-refractivity contribution in [2.75, 3.05) is 32.8 Å². The summed E-state index contributed by atoms with van der Waals surface area (Å²) in [6, 6.07) is 14.1. The molecule has 1 aliphatic rings. The Labute approximate surface area is 171 Å². The number of aliphatic hydroxyl groups excluding tert-OH is 1. The van der Waals surface area contributed by atoms with Crippen LogP contribution in [0.2, 0.25) is 0 Å². The molecule has 1 saturated heterocycles. The lowest BCUT2D eigenvalue weighted by Gasteiger charge is -2.17. The quantitative estimate of drug-likeness (QED) is 0.648. The molecule has 4 rings (SSSR count). The maximum Gasteiger partial charge on any atom is 0.251 e. The minimum Gasteiger partial charge on any atom is -0.395 e. The van der Waals surface area contributed by atoms with E-state index in [1.165, 1.54) is 17.5 Å². The van der Waals surface area contributed by atoms with E-state index in [9.17, 15) is 4.79 Å². The lowest BCUT2D eigenvalue weighted by atomic mass is 9.94. The summed E-state index contributed by atoms with van der Waals surface area (Å²) in [5.41, 5.74) is 5.13. The van der Waals surface area contributed by atoms with Crippen molar-refractivity contribution in [3.63, 3.8) is 0 Å². The monoisotopic (exact) mass is 392 g/mol. The Morgan fingerprint density at radius 2 is 2.10 bits per heavy atom. The number of aryl methyl sites for hydroxylation is 1. The molecule has 0 spiro atoms. The van der Waals surface area contributed by atoms with Gasteiger partial charge in [0.2, 0.25) is 0 Å². The number of benzene rings is 2. The molecule has 152 valence electrons. The second-order valence-corrected chi connectivity index (χ2v) is 7.76. The molecule has 1 aromatic heterocycles. The predicted octanol–water partition coefficient (Wildman–Crippen LogP) is 2.56. The lowest BCUT2D eigenvalue weighted by Crippen LogP contribution is -2.33. The standard InChI is InChI=1S/C23H28N4O2/c1-17-4-2-3-5-20(17)19-8-10-26(15-19)11-9-24-23(29)18-6-7-22-21(14-18)25-16-27(22)12-13-28/h2-7,14,16,19,28H,8-13,15H2,1H3,(H,24,29). The minimum absolute atomic E-state index is 0.0644. The third kappa shape index (κ3) is 4.33. The summed E-state index contributed by atoms with van der Waals surface area (Å²) < 4.78 is 1.88. The molecule has 1 amide bonds. The van der Waals surface area contributed by atoms with Gasteiger partial charge in [-0.25, -0.2) is 4.98 Å². The number of aliphatic hydroxyl groups is 1. The predicted molar refractivity (Wildman–Crippen MR) is 114 cm³/mol. The summed E-state index contributed by atoms with van der Waals surface area (Å²) in [6.45, 7) is 6.37. The third-order valence-electron chi connectivity index (χ3n) is 5.84. The number of hydrogen-bond acceptors (Lipinski definition) is 4. The van der Waals surface area contributed by atoms with Crippen LogP contribution in [0.25, 0.3) is 11.0 Å². The molecule has 6 heteroatoms. The van der Waals surface area contributed by atoms with Crippen LogP contribution >= 0.6 is 0 Å². The third-order valence-corrected chi connectivity index (χ3v) is 5.84. The topological polar surface area (TPSA) is 70.4 Å². The second kappa shape index (κ2) is 8.76. The normalized spacial score (nSPS) is 17.1. The molecule has 1 unspecified atom stereocenters. The first kappa shape index (κ1) is 19.6. The van der Waals surface area contributed by atoms with Crippen molar-refractivity contribution in [1.82, 2.24) is 19.8 Å². The van der Waals surface area contributed by atoms with Crippen LogP contribution in [0.1, 0.15) is 33.8 Å². The molecular formula is C23H28N4O2. The molecular weight excluding hydrogens is 364 g/mol. The number of nitrogens with one attached hydrogen (secondary N) is 1. The van der Waals surface area contributed by atoms with Gasteiger partial charge in [0.1, 0.15) is 0 Å². The number of imidazole rings is 1. The largest absolute Gasteiger partial charge is 0.395 e. The number of carbonyl (C=O) groups excluding carboxylic acids is 1. The van der Waals surface area contributed by atoms with E-state index < -0.39 is 0 Å². The SMILES string of the molecule is Cc1ccccc1C1CCN(CCNC(=O)c2ccc3c(c2)ncn3CCO)C1. The van der Waals surface area contributed by atoms with Gasteiger partial charge in [0.05, 0.1) is 24.0 Å².